The van der Waals surface area contributed by atoms with E-state index in [1.165, 1.54) is 12.8 Å². The monoisotopic (exact) mass is 344 g/mol. The topological polar surface area (TPSA) is 67.4 Å². The summed E-state index contributed by atoms with van der Waals surface area (Å²) < 4.78 is 5.85. The summed E-state index contributed by atoms with van der Waals surface area (Å²) in [6.45, 7) is 7.86. The minimum absolute atomic E-state index is 0.167. The number of nitrogens with one attached hydrogen (secondary N) is 1. The molecule has 1 spiro atoms. The molecule has 3 heterocycles. The van der Waals surface area contributed by atoms with Crippen LogP contribution >= 0.6 is 0 Å². The highest BCUT2D eigenvalue weighted by molar-refractivity contribution is 5.77. The Bertz CT molecular complexity index is 659. The van der Waals surface area contributed by atoms with Crippen LogP contribution in [0.4, 0.5) is 5.95 Å². The molecule has 0 aromatic carbocycles. The molecule has 2 aliphatic heterocycles. The third-order valence-electron chi connectivity index (χ3n) is 5.54. The first kappa shape index (κ1) is 16.8. The number of anilines is 1. The van der Waals surface area contributed by atoms with E-state index in [1.54, 1.807) is 0 Å². The lowest BCUT2D eigenvalue weighted by atomic mass is 9.80. The van der Waals surface area contributed by atoms with E-state index >= 15 is 0 Å². The third-order valence-corrected chi connectivity index (χ3v) is 5.54. The van der Waals surface area contributed by atoms with Gasteiger partial charge in [0.25, 0.3) is 0 Å². The molecule has 1 saturated carbocycles. The van der Waals surface area contributed by atoms with Crippen molar-refractivity contribution in [2.45, 2.75) is 51.6 Å². The molecule has 1 aromatic heterocycles. The molecule has 6 heteroatoms. The van der Waals surface area contributed by atoms with E-state index in [4.69, 9.17) is 9.72 Å². The zero-order chi connectivity index (χ0) is 17.4. The molecule has 3 aliphatic rings. The number of aromatic nitrogens is 2. The number of likely N-dealkylation sites (tertiary alicyclic amines) is 1. The average Bonchev–Trinajstić information content (AvgIpc) is 3.32. The molecule has 25 heavy (non-hydrogen) atoms. The van der Waals surface area contributed by atoms with Gasteiger partial charge in [-0.15, -0.1) is 0 Å². The summed E-state index contributed by atoms with van der Waals surface area (Å²) in [6.07, 6.45) is 6.05. The van der Waals surface area contributed by atoms with Crippen LogP contribution in [0.25, 0.3) is 0 Å². The zero-order valence-electron chi connectivity index (χ0n) is 15.3. The molecule has 0 bridgehead atoms. The molecular formula is C19H28N4O2. The van der Waals surface area contributed by atoms with Crippen LogP contribution in [0.5, 0.6) is 0 Å². The van der Waals surface area contributed by atoms with Crippen molar-refractivity contribution in [2.24, 2.45) is 11.8 Å². The normalized spacial score (nSPS) is 25.5. The second-order valence-electron chi connectivity index (χ2n) is 8.33. The van der Waals surface area contributed by atoms with Crippen molar-refractivity contribution in [3.63, 3.8) is 0 Å². The van der Waals surface area contributed by atoms with Crippen LogP contribution in [0.15, 0.2) is 6.20 Å². The molecule has 4 rings (SSSR count). The van der Waals surface area contributed by atoms with Gasteiger partial charge < -0.3 is 15.0 Å². The predicted molar refractivity (Wildman–Crippen MR) is 95.2 cm³/mol. The van der Waals surface area contributed by atoms with Gasteiger partial charge in [-0.25, -0.2) is 9.97 Å². The minimum atomic E-state index is -0.167. The molecule has 1 amide bonds. The first-order valence-corrected chi connectivity index (χ1v) is 9.51. The van der Waals surface area contributed by atoms with E-state index in [0.717, 1.165) is 42.6 Å². The molecular weight excluding hydrogens is 316 g/mol. The van der Waals surface area contributed by atoms with Crippen LogP contribution in [0.1, 0.15) is 50.8 Å². The van der Waals surface area contributed by atoms with Crippen LogP contribution < -0.4 is 5.32 Å². The lowest BCUT2D eigenvalue weighted by molar-refractivity contribution is -0.131. The molecule has 0 radical (unpaired) electrons. The number of fused-ring (bicyclic) bond motifs is 2. The van der Waals surface area contributed by atoms with E-state index in [1.807, 2.05) is 11.1 Å². The Morgan fingerprint density at radius 2 is 2.32 bits per heavy atom. The Hall–Kier alpha value is -1.69. The van der Waals surface area contributed by atoms with Gasteiger partial charge in [0.05, 0.1) is 24.3 Å². The van der Waals surface area contributed by atoms with Gasteiger partial charge in [0.2, 0.25) is 11.9 Å². The number of hydrogen-bond donors (Lipinski definition) is 1. The van der Waals surface area contributed by atoms with Crippen LogP contribution in [-0.2, 0) is 21.6 Å². The minimum Gasteiger partial charge on any atom is -0.376 e. The Balaban J connectivity index is 1.53. The van der Waals surface area contributed by atoms with E-state index in [9.17, 15) is 4.79 Å². The lowest BCUT2D eigenvalue weighted by Crippen LogP contribution is -2.42. The average molecular weight is 344 g/mol. The summed E-state index contributed by atoms with van der Waals surface area (Å²) in [7, 11) is 0. The summed E-state index contributed by atoms with van der Waals surface area (Å²) in [5, 5.41) is 3.38. The van der Waals surface area contributed by atoms with Gasteiger partial charge in [0.15, 0.2) is 0 Å². The number of rotatable bonds is 5. The molecule has 1 aliphatic carbocycles. The maximum atomic E-state index is 12.5. The first-order valence-electron chi connectivity index (χ1n) is 9.51. The summed E-state index contributed by atoms with van der Waals surface area (Å²) in [4.78, 5) is 23.8. The Labute approximate surface area is 149 Å². The Kier molecular flexibility index (Phi) is 4.40. The van der Waals surface area contributed by atoms with E-state index in [0.29, 0.717) is 32.1 Å². The van der Waals surface area contributed by atoms with Crippen molar-refractivity contribution in [2.75, 3.05) is 31.6 Å². The first-order chi connectivity index (χ1) is 12.1. The standard InChI is InChI=1S/C19H28N4O2/c1-13(2)7-16(24)23-6-5-19(11-23)12-25-10-15-9-21-18(22-17(15)19)20-8-14-3-4-14/h9,13-14H,3-8,10-12H2,1-2H3,(H,20,21,22)/t19-/m0/s1. The van der Waals surface area contributed by atoms with E-state index in [-0.39, 0.29) is 11.3 Å². The summed E-state index contributed by atoms with van der Waals surface area (Å²) in [5.41, 5.74) is 1.99. The van der Waals surface area contributed by atoms with E-state index < -0.39 is 0 Å². The summed E-state index contributed by atoms with van der Waals surface area (Å²) in [6, 6.07) is 0. The number of carbonyl (C=O) groups excluding carboxylic acids is 1. The van der Waals surface area contributed by atoms with Crippen molar-refractivity contribution in [3.8, 4) is 0 Å². The van der Waals surface area contributed by atoms with Crippen LogP contribution in [0.3, 0.4) is 0 Å². The van der Waals surface area contributed by atoms with Crippen LogP contribution in [0.2, 0.25) is 0 Å². The molecule has 1 atom stereocenters. The second kappa shape index (κ2) is 6.56. The number of ether oxygens (including phenoxy) is 1. The molecule has 0 unspecified atom stereocenters. The van der Waals surface area contributed by atoms with Gasteiger partial charge in [0, 0.05) is 37.8 Å². The van der Waals surface area contributed by atoms with Crippen LogP contribution in [0, 0.1) is 11.8 Å². The molecule has 1 aromatic rings. The maximum Gasteiger partial charge on any atom is 0.222 e. The van der Waals surface area contributed by atoms with Gasteiger partial charge >= 0.3 is 0 Å². The number of amides is 1. The lowest BCUT2D eigenvalue weighted by Gasteiger charge is -2.34. The highest BCUT2D eigenvalue weighted by atomic mass is 16.5. The highest BCUT2D eigenvalue weighted by Crippen LogP contribution is 2.39. The quantitative estimate of drug-likeness (QED) is 0.888. The third kappa shape index (κ3) is 3.50. The molecule has 1 saturated heterocycles. The van der Waals surface area contributed by atoms with Crippen molar-refractivity contribution >= 4 is 11.9 Å². The Morgan fingerprint density at radius 3 is 3.08 bits per heavy atom. The molecule has 1 N–H and O–H groups in total. The zero-order valence-corrected chi connectivity index (χ0v) is 15.3. The summed E-state index contributed by atoms with van der Waals surface area (Å²) in [5.74, 6) is 2.14. The SMILES string of the molecule is CC(C)CC(=O)N1CC[C@@]2(COCc3cnc(NCC4CC4)nc32)C1. The summed E-state index contributed by atoms with van der Waals surface area (Å²) >= 11 is 0. The Morgan fingerprint density at radius 1 is 1.48 bits per heavy atom. The fraction of sp³-hybridized carbons (Fsp3) is 0.737. The van der Waals surface area contributed by atoms with E-state index in [2.05, 4.69) is 24.1 Å². The number of hydrogen-bond acceptors (Lipinski definition) is 5. The van der Waals surface area contributed by atoms with Crippen molar-refractivity contribution in [3.05, 3.63) is 17.5 Å². The fourth-order valence-electron chi connectivity index (χ4n) is 3.91. The van der Waals surface area contributed by atoms with Crippen LogP contribution in [-0.4, -0.2) is 47.0 Å². The number of carbonyl (C=O) groups is 1. The number of nitrogens with zero attached hydrogens (tertiary/aromatic N) is 3. The van der Waals surface area contributed by atoms with Gasteiger partial charge in [-0.3, -0.25) is 4.79 Å². The van der Waals surface area contributed by atoms with Crippen molar-refractivity contribution in [1.82, 2.24) is 14.9 Å². The van der Waals surface area contributed by atoms with Crippen molar-refractivity contribution < 1.29 is 9.53 Å². The fourth-order valence-corrected chi connectivity index (χ4v) is 3.91. The van der Waals surface area contributed by atoms with Gasteiger partial charge in [0.1, 0.15) is 0 Å². The van der Waals surface area contributed by atoms with Crippen molar-refractivity contribution in [1.29, 1.82) is 0 Å². The van der Waals surface area contributed by atoms with Gasteiger partial charge in [-0.1, -0.05) is 13.8 Å². The highest BCUT2D eigenvalue weighted by Gasteiger charge is 2.46. The van der Waals surface area contributed by atoms with Gasteiger partial charge in [-0.05, 0) is 31.1 Å². The smallest absolute Gasteiger partial charge is 0.222 e. The molecule has 6 nitrogen and oxygen atoms in total. The predicted octanol–water partition coefficient (Wildman–Crippen LogP) is 2.34. The maximum absolute atomic E-state index is 12.5. The van der Waals surface area contributed by atoms with Gasteiger partial charge in [-0.2, -0.15) is 0 Å². The second-order valence-corrected chi connectivity index (χ2v) is 8.33. The molecule has 136 valence electrons. The molecule has 2 fully saturated rings. The largest absolute Gasteiger partial charge is 0.376 e.